The van der Waals surface area contributed by atoms with Gasteiger partial charge in [-0.3, -0.25) is 4.57 Å². The lowest BCUT2D eigenvalue weighted by molar-refractivity contribution is 0.970. The number of aromatic nitrogens is 1. The molecule has 0 radical (unpaired) electrons. The molecule has 5 heteroatoms. The summed E-state index contributed by atoms with van der Waals surface area (Å²) in [6, 6.07) is 28.2. The minimum Gasteiger partial charge on any atom is -0.284 e. The van der Waals surface area contributed by atoms with Crippen LogP contribution in [0.25, 0.3) is 16.9 Å². The van der Waals surface area contributed by atoms with Crippen LogP contribution in [0.15, 0.2) is 101 Å². The van der Waals surface area contributed by atoms with Gasteiger partial charge in [-0.1, -0.05) is 72.3 Å². The average Bonchev–Trinajstić information content (AvgIpc) is 3.18. The molecule has 4 aromatic rings. The summed E-state index contributed by atoms with van der Waals surface area (Å²) in [5, 5.41) is 11.9. The molecule has 0 fully saturated rings. The van der Waals surface area contributed by atoms with Gasteiger partial charge in [-0.25, -0.2) is 0 Å². The Morgan fingerprint density at radius 3 is 2.18 bits per heavy atom. The summed E-state index contributed by atoms with van der Waals surface area (Å²) in [6.07, 6.45) is 0. The van der Waals surface area contributed by atoms with Gasteiger partial charge < -0.3 is 0 Å². The Bertz CT molecular complexity index is 1160. The first-order valence-corrected chi connectivity index (χ1v) is 10.1. The summed E-state index contributed by atoms with van der Waals surface area (Å²) in [5.41, 5.74) is 5.13. The van der Waals surface area contributed by atoms with Crippen molar-refractivity contribution in [1.82, 2.24) is 4.57 Å². The van der Waals surface area contributed by atoms with E-state index in [2.05, 4.69) is 44.4 Å². The number of hydrogen-bond donors (Lipinski definition) is 0. The van der Waals surface area contributed by atoms with Gasteiger partial charge in [-0.05, 0) is 42.3 Å². The number of thiazole rings is 1. The third-order valence-electron chi connectivity index (χ3n) is 4.34. The van der Waals surface area contributed by atoms with Crippen LogP contribution in [-0.2, 0) is 0 Å². The Labute approximate surface area is 172 Å². The minimum atomic E-state index is 0.709. The minimum absolute atomic E-state index is 0.709. The van der Waals surface area contributed by atoms with Gasteiger partial charge in [0.15, 0.2) is 0 Å². The topological polar surface area (TPSA) is 29.6 Å². The van der Waals surface area contributed by atoms with E-state index in [-0.39, 0.29) is 0 Å². The zero-order chi connectivity index (χ0) is 19.3. The van der Waals surface area contributed by atoms with Gasteiger partial charge >= 0.3 is 0 Å². The SMILES string of the molecule is CC(=NN=c1scc(-c2ccccc2)n1-c1ccccc1)c1ccc(Cl)cc1. The maximum atomic E-state index is 5.97. The molecule has 1 aromatic heterocycles. The lowest BCUT2D eigenvalue weighted by Gasteiger charge is -2.08. The van der Waals surface area contributed by atoms with Gasteiger partial charge in [-0.2, -0.15) is 5.10 Å². The fourth-order valence-corrected chi connectivity index (χ4v) is 3.87. The second-order valence-electron chi connectivity index (χ2n) is 6.23. The molecule has 0 atom stereocenters. The summed E-state index contributed by atoms with van der Waals surface area (Å²) in [7, 11) is 0. The van der Waals surface area contributed by atoms with Crippen molar-refractivity contribution >= 4 is 28.6 Å². The van der Waals surface area contributed by atoms with Gasteiger partial charge in [0.25, 0.3) is 0 Å². The lowest BCUT2D eigenvalue weighted by Crippen LogP contribution is -2.13. The van der Waals surface area contributed by atoms with Crippen LogP contribution in [0.5, 0.6) is 0 Å². The predicted molar refractivity (Wildman–Crippen MR) is 118 cm³/mol. The molecule has 0 unspecified atom stereocenters. The van der Waals surface area contributed by atoms with E-state index in [1.165, 1.54) is 0 Å². The van der Waals surface area contributed by atoms with Gasteiger partial charge in [0.1, 0.15) is 0 Å². The zero-order valence-corrected chi connectivity index (χ0v) is 16.9. The maximum Gasteiger partial charge on any atom is 0.215 e. The first-order chi connectivity index (χ1) is 13.7. The van der Waals surface area contributed by atoms with Crippen LogP contribution in [0.1, 0.15) is 12.5 Å². The third-order valence-corrected chi connectivity index (χ3v) is 5.41. The Morgan fingerprint density at radius 2 is 1.50 bits per heavy atom. The fourth-order valence-electron chi connectivity index (χ4n) is 2.88. The molecule has 0 amide bonds. The number of nitrogens with zero attached hydrogens (tertiary/aromatic N) is 3. The van der Waals surface area contributed by atoms with Crippen molar-refractivity contribution in [2.45, 2.75) is 6.92 Å². The Balaban J connectivity index is 1.83. The Morgan fingerprint density at radius 1 is 0.857 bits per heavy atom. The molecule has 0 aliphatic rings. The number of para-hydroxylation sites is 1. The molecule has 0 aliphatic carbocycles. The normalized spacial score (nSPS) is 12.4. The molecule has 0 saturated heterocycles. The molecular weight excluding hydrogens is 386 g/mol. The first kappa shape index (κ1) is 18.4. The van der Waals surface area contributed by atoms with E-state index in [0.29, 0.717) is 5.02 Å². The van der Waals surface area contributed by atoms with Crippen LogP contribution in [0.2, 0.25) is 5.02 Å². The predicted octanol–water partition coefficient (Wildman–Crippen LogP) is 6.18. The lowest BCUT2D eigenvalue weighted by atomic mass is 10.1. The van der Waals surface area contributed by atoms with E-state index < -0.39 is 0 Å². The van der Waals surface area contributed by atoms with E-state index >= 15 is 0 Å². The molecule has 28 heavy (non-hydrogen) atoms. The van der Waals surface area contributed by atoms with E-state index in [1.54, 1.807) is 11.3 Å². The van der Waals surface area contributed by atoms with Crippen LogP contribution >= 0.6 is 22.9 Å². The van der Waals surface area contributed by atoms with E-state index in [0.717, 1.165) is 33.0 Å². The van der Waals surface area contributed by atoms with Crippen LogP contribution in [-0.4, -0.2) is 10.3 Å². The first-order valence-electron chi connectivity index (χ1n) is 8.88. The monoisotopic (exact) mass is 403 g/mol. The largest absolute Gasteiger partial charge is 0.284 e. The van der Waals surface area contributed by atoms with Crippen LogP contribution in [0.3, 0.4) is 0 Å². The van der Waals surface area contributed by atoms with Crippen molar-refractivity contribution < 1.29 is 0 Å². The van der Waals surface area contributed by atoms with Crippen molar-refractivity contribution in [2.75, 3.05) is 0 Å². The van der Waals surface area contributed by atoms with Gasteiger partial charge in [-0.15, -0.1) is 16.4 Å². The highest BCUT2D eigenvalue weighted by molar-refractivity contribution is 7.07. The third kappa shape index (κ3) is 3.98. The summed E-state index contributed by atoms with van der Waals surface area (Å²) in [4.78, 5) is 0.818. The van der Waals surface area contributed by atoms with Crippen LogP contribution < -0.4 is 4.80 Å². The van der Waals surface area contributed by atoms with Gasteiger partial charge in [0, 0.05) is 16.1 Å². The molecular formula is C23H18ClN3S. The van der Waals surface area contributed by atoms with Crippen LogP contribution in [0.4, 0.5) is 0 Å². The molecule has 3 nitrogen and oxygen atoms in total. The molecule has 4 rings (SSSR count). The average molecular weight is 404 g/mol. The Hall–Kier alpha value is -2.95. The fraction of sp³-hybridized carbons (Fsp3) is 0.0435. The molecule has 0 bridgehead atoms. The van der Waals surface area contributed by atoms with Crippen molar-refractivity contribution in [1.29, 1.82) is 0 Å². The number of halogens is 1. The molecule has 1 heterocycles. The van der Waals surface area contributed by atoms with Crippen LogP contribution in [0, 0.1) is 0 Å². The highest BCUT2D eigenvalue weighted by Gasteiger charge is 2.09. The van der Waals surface area contributed by atoms with E-state index in [9.17, 15) is 0 Å². The molecule has 0 aliphatic heterocycles. The van der Waals surface area contributed by atoms with Crippen molar-refractivity contribution in [3.05, 3.63) is 106 Å². The summed E-state index contributed by atoms with van der Waals surface area (Å²) in [6.45, 7) is 1.95. The highest BCUT2D eigenvalue weighted by Crippen LogP contribution is 2.23. The second-order valence-corrected chi connectivity index (χ2v) is 7.51. The van der Waals surface area contributed by atoms with E-state index in [1.807, 2.05) is 67.6 Å². The van der Waals surface area contributed by atoms with Gasteiger partial charge in [0.2, 0.25) is 4.80 Å². The summed E-state index contributed by atoms with van der Waals surface area (Å²) in [5.74, 6) is 0. The smallest absolute Gasteiger partial charge is 0.215 e. The molecule has 138 valence electrons. The Kier molecular flexibility index (Phi) is 5.51. The molecule has 0 saturated carbocycles. The molecule has 3 aromatic carbocycles. The maximum absolute atomic E-state index is 5.97. The highest BCUT2D eigenvalue weighted by atomic mass is 35.5. The number of benzene rings is 3. The summed E-state index contributed by atoms with van der Waals surface area (Å²) < 4.78 is 2.14. The zero-order valence-electron chi connectivity index (χ0n) is 15.3. The van der Waals surface area contributed by atoms with Gasteiger partial charge in [0.05, 0.1) is 11.4 Å². The second kappa shape index (κ2) is 8.38. The quantitative estimate of drug-likeness (QED) is 0.287. The standard InChI is InChI=1S/C23H18ClN3S/c1-17(18-12-14-20(24)15-13-18)25-26-23-27(21-10-6-3-7-11-21)22(16-28-23)19-8-4-2-5-9-19/h2-16H,1H3. The van der Waals surface area contributed by atoms with E-state index in [4.69, 9.17) is 11.6 Å². The number of hydrogen-bond acceptors (Lipinski definition) is 3. The van der Waals surface area contributed by atoms with Crippen molar-refractivity contribution in [2.24, 2.45) is 10.2 Å². The van der Waals surface area contributed by atoms with Crippen molar-refractivity contribution in [3.63, 3.8) is 0 Å². The summed E-state index contributed by atoms with van der Waals surface area (Å²) >= 11 is 7.55. The number of rotatable bonds is 4. The molecule has 0 spiro atoms. The van der Waals surface area contributed by atoms with Crippen molar-refractivity contribution in [3.8, 4) is 16.9 Å². The molecule has 0 N–H and O–H groups in total.